The van der Waals surface area contributed by atoms with Crippen LogP contribution in [0.15, 0.2) is 60.9 Å². The fourth-order valence-corrected chi connectivity index (χ4v) is 3.47. The highest BCUT2D eigenvalue weighted by atomic mass is 35.5. The van der Waals surface area contributed by atoms with Gasteiger partial charge in [-0.3, -0.25) is 9.78 Å². The second-order valence-corrected chi connectivity index (χ2v) is 7.24. The number of aromatic nitrogens is 3. The van der Waals surface area contributed by atoms with Crippen LogP contribution < -0.4 is 10.2 Å². The van der Waals surface area contributed by atoms with Crippen LogP contribution >= 0.6 is 11.6 Å². The Bertz CT molecular complexity index is 931. The summed E-state index contributed by atoms with van der Waals surface area (Å²) in [6.07, 6.45) is 5.13. The smallest absolute Gasteiger partial charge is 0.229 e. The van der Waals surface area contributed by atoms with E-state index in [1.807, 2.05) is 42.5 Å². The van der Waals surface area contributed by atoms with Crippen molar-refractivity contribution in [3.63, 3.8) is 0 Å². The SMILES string of the molecule is O=C(Nc1cccnc1)C1CCCN(c2ccc(-c3ccc(Cl)cc3)nn2)C1. The Kier molecular flexibility index (Phi) is 5.48. The van der Waals surface area contributed by atoms with Gasteiger partial charge in [-0.2, -0.15) is 0 Å². The second-order valence-electron chi connectivity index (χ2n) is 6.80. The quantitative estimate of drug-likeness (QED) is 0.724. The van der Waals surface area contributed by atoms with Crippen molar-refractivity contribution in [1.82, 2.24) is 15.2 Å². The molecule has 7 heteroatoms. The summed E-state index contributed by atoms with van der Waals surface area (Å²) in [4.78, 5) is 18.8. The molecule has 0 radical (unpaired) electrons. The first-order valence-electron chi connectivity index (χ1n) is 9.24. The number of anilines is 2. The molecule has 1 saturated heterocycles. The maximum absolute atomic E-state index is 12.6. The number of hydrogen-bond acceptors (Lipinski definition) is 5. The summed E-state index contributed by atoms with van der Waals surface area (Å²) >= 11 is 5.94. The molecule has 28 heavy (non-hydrogen) atoms. The molecule has 1 aliphatic rings. The van der Waals surface area contributed by atoms with Gasteiger partial charge >= 0.3 is 0 Å². The Hall–Kier alpha value is -2.99. The molecular formula is C21H20ClN5O. The van der Waals surface area contributed by atoms with E-state index >= 15 is 0 Å². The molecule has 0 bridgehead atoms. The average Bonchev–Trinajstić information content (AvgIpc) is 2.75. The molecule has 0 spiro atoms. The summed E-state index contributed by atoms with van der Waals surface area (Å²) in [6, 6.07) is 15.1. The number of nitrogens with one attached hydrogen (secondary N) is 1. The molecule has 3 heterocycles. The first kappa shape index (κ1) is 18.4. The zero-order chi connectivity index (χ0) is 19.3. The maximum Gasteiger partial charge on any atom is 0.229 e. The van der Waals surface area contributed by atoms with Gasteiger partial charge < -0.3 is 10.2 Å². The first-order chi connectivity index (χ1) is 13.7. The van der Waals surface area contributed by atoms with Gasteiger partial charge in [-0.25, -0.2) is 0 Å². The molecule has 1 unspecified atom stereocenters. The summed E-state index contributed by atoms with van der Waals surface area (Å²) in [5.74, 6) is 0.715. The van der Waals surface area contributed by atoms with Gasteiger partial charge in [-0.1, -0.05) is 23.7 Å². The molecule has 1 atom stereocenters. The Labute approximate surface area is 168 Å². The van der Waals surface area contributed by atoms with Crippen LogP contribution in [0.4, 0.5) is 11.5 Å². The molecule has 4 rings (SSSR count). The molecule has 1 aromatic carbocycles. The zero-order valence-electron chi connectivity index (χ0n) is 15.3. The summed E-state index contributed by atoms with van der Waals surface area (Å²) < 4.78 is 0. The number of carbonyl (C=O) groups excluding carboxylic acids is 1. The average molecular weight is 394 g/mol. The van der Waals surface area contributed by atoms with Gasteiger partial charge in [0.25, 0.3) is 0 Å². The summed E-state index contributed by atoms with van der Waals surface area (Å²) in [5.41, 5.74) is 2.48. The number of halogens is 1. The van der Waals surface area contributed by atoms with Crippen molar-refractivity contribution in [1.29, 1.82) is 0 Å². The first-order valence-corrected chi connectivity index (χ1v) is 9.62. The third-order valence-corrected chi connectivity index (χ3v) is 5.09. The van der Waals surface area contributed by atoms with E-state index in [9.17, 15) is 4.79 Å². The fraction of sp³-hybridized carbons (Fsp3) is 0.238. The van der Waals surface area contributed by atoms with Crippen molar-refractivity contribution in [2.24, 2.45) is 5.92 Å². The normalized spacial score (nSPS) is 16.6. The van der Waals surface area contributed by atoms with E-state index in [-0.39, 0.29) is 11.8 Å². The monoisotopic (exact) mass is 393 g/mol. The number of pyridine rings is 1. The molecule has 1 fully saturated rings. The number of piperidine rings is 1. The zero-order valence-corrected chi connectivity index (χ0v) is 16.0. The molecule has 2 aromatic heterocycles. The van der Waals surface area contributed by atoms with E-state index in [1.54, 1.807) is 18.5 Å². The summed E-state index contributed by atoms with van der Waals surface area (Å²) in [6.45, 7) is 1.49. The largest absolute Gasteiger partial charge is 0.354 e. The third kappa shape index (κ3) is 4.28. The lowest BCUT2D eigenvalue weighted by atomic mass is 9.97. The minimum absolute atomic E-state index is 0.0171. The predicted molar refractivity (Wildman–Crippen MR) is 110 cm³/mol. The number of benzene rings is 1. The Morgan fingerprint density at radius 3 is 2.68 bits per heavy atom. The minimum atomic E-state index is -0.0910. The van der Waals surface area contributed by atoms with E-state index in [0.717, 1.165) is 42.1 Å². The van der Waals surface area contributed by atoms with Crippen LogP contribution in [0.2, 0.25) is 5.02 Å². The van der Waals surface area contributed by atoms with Crippen LogP contribution in [0.3, 0.4) is 0 Å². The van der Waals surface area contributed by atoms with Gasteiger partial charge in [0, 0.05) is 29.9 Å². The lowest BCUT2D eigenvalue weighted by Gasteiger charge is -2.32. The number of carbonyl (C=O) groups is 1. The Balaban J connectivity index is 1.42. The van der Waals surface area contributed by atoms with Crippen LogP contribution in [-0.4, -0.2) is 34.2 Å². The molecule has 0 aliphatic carbocycles. The molecule has 142 valence electrons. The van der Waals surface area contributed by atoms with Gasteiger partial charge in [0.1, 0.15) is 0 Å². The minimum Gasteiger partial charge on any atom is -0.354 e. The predicted octanol–water partition coefficient (Wildman–Crippen LogP) is 4.05. The highest BCUT2D eigenvalue weighted by Gasteiger charge is 2.26. The molecule has 0 saturated carbocycles. The number of hydrogen-bond donors (Lipinski definition) is 1. The van der Waals surface area contributed by atoms with Crippen molar-refractivity contribution < 1.29 is 4.79 Å². The van der Waals surface area contributed by atoms with E-state index < -0.39 is 0 Å². The van der Waals surface area contributed by atoms with Crippen molar-refractivity contribution in [3.05, 3.63) is 65.9 Å². The molecule has 1 amide bonds. The summed E-state index contributed by atoms with van der Waals surface area (Å²) in [5, 5.41) is 12.4. The number of rotatable bonds is 4. The highest BCUT2D eigenvalue weighted by molar-refractivity contribution is 6.30. The maximum atomic E-state index is 12.6. The standard InChI is InChI=1S/C21H20ClN5O/c22-17-7-5-15(6-8-17)19-9-10-20(26-25-19)27-12-2-3-16(14-27)21(28)24-18-4-1-11-23-13-18/h1,4-11,13,16H,2-3,12,14H2,(H,24,28). The van der Waals surface area contributed by atoms with Crippen LogP contribution in [0, 0.1) is 5.92 Å². The number of amides is 1. The van der Waals surface area contributed by atoms with Crippen LogP contribution in [0.1, 0.15) is 12.8 Å². The van der Waals surface area contributed by atoms with E-state index in [4.69, 9.17) is 11.6 Å². The van der Waals surface area contributed by atoms with Gasteiger partial charge in [-0.05, 0) is 49.2 Å². The van der Waals surface area contributed by atoms with Gasteiger partial charge in [-0.15, -0.1) is 10.2 Å². The van der Waals surface area contributed by atoms with Gasteiger partial charge in [0.15, 0.2) is 5.82 Å². The fourth-order valence-electron chi connectivity index (χ4n) is 3.35. The molecular weight excluding hydrogens is 374 g/mol. The third-order valence-electron chi connectivity index (χ3n) is 4.84. The Morgan fingerprint density at radius 2 is 1.96 bits per heavy atom. The molecule has 1 N–H and O–H groups in total. The van der Waals surface area contributed by atoms with Crippen molar-refractivity contribution in [2.75, 3.05) is 23.3 Å². The summed E-state index contributed by atoms with van der Waals surface area (Å²) in [7, 11) is 0. The van der Waals surface area contributed by atoms with Crippen molar-refractivity contribution in [3.8, 4) is 11.3 Å². The van der Waals surface area contributed by atoms with Gasteiger partial charge in [0.2, 0.25) is 5.91 Å². The van der Waals surface area contributed by atoms with Crippen LogP contribution in [0.5, 0.6) is 0 Å². The van der Waals surface area contributed by atoms with E-state index in [0.29, 0.717) is 11.6 Å². The van der Waals surface area contributed by atoms with Crippen LogP contribution in [0.25, 0.3) is 11.3 Å². The molecule has 3 aromatic rings. The van der Waals surface area contributed by atoms with Gasteiger partial charge in [0.05, 0.1) is 23.5 Å². The van der Waals surface area contributed by atoms with Crippen molar-refractivity contribution >= 4 is 29.0 Å². The lowest BCUT2D eigenvalue weighted by Crippen LogP contribution is -2.41. The second kappa shape index (κ2) is 8.35. The van der Waals surface area contributed by atoms with E-state index in [1.165, 1.54) is 0 Å². The van der Waals surface area contributed by atoms with Crippen molar-refractivity contribution in [2.45, 2.75) is 12.8 Å². The lowest BCUT2D eigenvalue weighted by molar-refractivity contribution is -0.120. The molecule has 1 aliphatic heterocycles. The van der Waals surface area contributed by atoms with Crippen LogP contribution in [-0.2, 0) is 4.79 Å². The Morgan fingerprint density at radius 1 is 1.11 bits per heavy atom. The van der Waals surface area contributed by atoms with E-state index in [2.05, 4.69) is 25.4 Å². The topological polar surface area (TPSA) is 71.0 Å². The number of nitrogens with zero attached hydrogens (tertiary/aromatic N) is 4. The molecule has 6 nitrogen and oxygen atoms in total. The highest BCUT2D eigenvalue weighted by Crippen LogP contribution is 2.25.